The Bertz CT molecular complexity index is 487. The number of rotatable bonds is 6. The first-order chi connectivity index (χ1) is 8.74. The van der Waals surface area contributed by atoms with Crippen LogP contribution >= 0.6 is 0 Å². The van der Waals surface area contributed by atoms with E-state index in [0.717, 1.165) is 36.5 Å². The number of furan rings is 1. The third-order valence-corrected chi connectivity index (χ3v) is 2.97. The molecular weight excluding hydrogens is 226 g/mol. The van der Waals surface area contributed by atoms with E-state index >= 15 is 0 Å². The summed E-state index contributed by atoms with van der Waals surface area (Å²) in [6.45, 7) is 5.22. The van der Waals surface area contributed by atoms with Gasteiger partial charge in [0.15, 0.2) is 0 Å². The predicted octanol–water partition coefficient (Wildman–Crippen LogP) is 2.66. The third-order valence-electron chi connectivity index (χ3n) is 2.97. The average molecular weight is 247 g/mol. The minimum absolute atomic E-state index is 0.0962. The van der Waals surface area contributed by atoms with Crippen LogP contribution in [0.1, 0.15) is 43.4 Å². The Hall–Kier alpha value is -1.55. The Morgan fingerprint density at radius 1 is 1.39 bits per heavy atom. The monoisotopic (exact) mass is 247 g/mol. The van der Waals surface area contributed by atoms with Gasteiger partial charge in [0.25, 0.3) is 0 Å². The summed E-state index contributed by atoms with van der Waals surface area (Å²) in [5.74, 6) is 1.99. The molecule has 0 spiro atoms. The van der Waals surface area contributed by atoms with Crippen molar-refractivity contribution < 1.29 is 4.42 Å². The van der Waals surface area contributed by atoms with Crippen molar-refractivity contribution in [2.24, 2.45) is 7.05 Å². The van der Waals surface area contributed by atoms with E-state index in [1.807, 2.05) is 30.2 Å². The highest BCUT2D eigenvalue weighted by atomic mass is 16.3. The summed E-state index contributed by atoms with van der Waals surface area (Å²) in [5, 5.41) is 7.74. The van der Waals surface area contributed by atoms with Gasteiger partial charge in [-0.25, -0.2) is 0 Å². The smallest absolute Gasteiger partial charge is 0.125 e. The highest BCUT2D eigenvalue weighted by Gasteiger charge is 2.18. The summed E-state index contributed by atoms with van der Waals surface area (Å²) in [6, 6.07) is 4.20. The second kappa shape index (κ2) is 5.87. The molecule has 2 aromatic rings. The van der Waals surface area contributed by atoms with Crippen LogP contribution in [0.25, 0.3) is 0 Å². The molecule has 0 radical (unpaired) electrons. The van der Waals surface area contributed by atoms with Gasteiger partial charge in [-0.15, -0.1) is 0 Å². The molecule has 2 rings (SSSR count). The number of nitrogens with one attached hydrogen (secondary N) is 1. The quantitative estimate of drug-likeness (QED) is 0.853. The van der Waals surface area contributed by atoms with Crippen molar-refractivity contribution in [3.63, 3.8) is 0 Å². The lowest BCUT2D eigenvalue weighted by Gasteiger charge is -2.14. The Kier molecular flexibility index (Phi) is 4.20. The number of nitrogens with zero attached hydrogens (tertiary/aromatic N) is 2. The zero-order valence-corrected chi connectivity index (χ0v) is 11.3. The largest absolute Gasteiger partial charge is 0.464 e. The molecule has 0 bridgehead atoms. The molecule has 18 heavy (non-hydrogen) atoms. The van der Waals surface area contributed by atoms with Crippen LogP contribution in [0.3, 0.4) is 0 Å². The molecule has 0 fully saturated rings. The van der Waals surface area contributed by atoms with Crippen molar-refractivity contribution in [1.29, 1.82) is 0 Å². The lowest BCUT2D eigenvalue weighted by molar-refractivity contribution is 0.422. The van der Waals surface area contributed by atoms with Crippen molar-refractivity contribution in [1.82, 2.24) is 15.1 Å². The maximum absolute atomic E-state index is 5.86. The summed E-state index contributed by atoms with van der Waals surface area (Å²) in [4.78, 5) is 0. The lowest BCUT2D eigenvalue weighted by Crippen LogP contribution is -2.22. The first kappa shape index (κ1) is 12.9. The molecule has 4 heteroatoms. The van der Waals surface area contributed by atoms with Gasteiger partial charge in [-0.2, -0.15) is 5.10 Å². The molecule has 0 aliphatic carbocycles. The molecule has 0 amide bonds. The van der Waals surface area contributed by atoms with Crippen molar-refractivity contribution in [3.8, 4) is 0 Å². The summed E-state index contributed by atoms with van der Waals surface area (Å²) >= 11 is 0. The Balaban J connectivity index is 2.24. The van der Waals surface area contributed by atoms with Gasteiger partial charge in [0.2, 0.25) is 0 Å². The fourth-order valence-electron chi connectivity index (χ4n) is 2.00. The van der Waals surface area contributed by atoms with E-state index in [1.165, 1.54) is 0 Å². The molecule has 0 saturated carbocycles. The van der Waals surface area contributed by atoms with Gasteiger partial charge in [-0.05, 0) is 25.1 Å². The predicted molar refractivity (Wildman–Crippen MR) is 71.4 cm³/mol. The van der Waals surface area contributed by atoms with Crippen LogP contribution in [0.15, 0.2) is 28.9 Å². The molecule has 0 saturated heterocycles. The minimum Gasteiger partial charge on any atom is -0.464 e. The standard InChI is InChI=1S/C14H21N3O/c1-4-8-15-14(11-9-16-17(3)10-11)13-7-6-12(5-2)18-13/h6-7,9-10,14-15H,4-5,8H2,1-3H3. The summed E-state index contributed by atoms with van der Waals surface area (Å²) in [6.07, 6.45) is 5.94. The van der Waals surface area contributed by atoms with Crippen LogP contribution in [0.4, 0.5) is 0 Å². The van der Waals surface area contributed by atoms with Gasteiger partial charge in [0.05, 0.1) is 12.2 Å². The van der Waals surface area contributed by atoms with Crippen LogP contribution in [-0.4, -0.2) is 16.3 Å². The molecule has 2 aromatic heterocycles. The molecule has 1 unspecified atom stereocenters. The van der Waals surface area contributed by atoms with Crippen LogP contribution in [0, 0.1) is 0 Å². The fraction of sp³-hybridized carbons (Fsp3) is 0.500. The van der Waals surface area contributed by atoms with E-state index < -0.39 is 0 Å². The number of aryl methyl sites for hydroxylation is 2. The maximum atomic E-state index is 5.86. The minimum atomic E-state index is 0.0962. The zero-order chi connectivity index (χ0) is 13.0. The highest BCUT2D eigenvalue weighted by molar-refractivity contribution is 5.23. The van der Waals surface area contributed by atoms with Crippen molar-refractivity contribution >= 4 is 0 Å². The maximum Gasteiger partial charge on any atom is 0.125 e. The van der Waals surface area contributed by atoms with E-state index in [0.29, 0.717) is 0 Å². The Labute approximate surface area is 108 Å². The topological polar surface area (TPSA) is 43.0 Å². The Morgan fingerprint density at radius 3 is 2.78 bits per heavy atom. The summed E-state index contributed by atoms with van der Waals surface area (Å²) in [7, 11) is 1.93. The van der Waals surface area contributed by atoms with E-state index in [1.54, 1.807) is 0 Å². The SMILES string of the molecule is CCCNC(c1cnn(C)c1)c1ccc(CC)o1. The Morgan fingerprint density at radius 2 is 2.22 bits per heavy atom. The first-order valence-electron chi connectivity index (χ1n) is 6.55. The van der Waals surface area contributed by atoms with Gasteiger partial charge in [-0.1, -0.05) is 13.8 Å². The number of hydrogen-bond donors (Lipinski definition) is 1. The zero-order valence-electron chi connectivity index (χ0n) is 11.3. The van der Waals surface area contributed by atoms with Crippen LogP contribution in [0.2, 0.25) is 0 Å². The van der Waals surface area contributed by atoms with Crippen LogP contribution in [0.5, 0.6) is 0 Å². The van der Waals surface area contributed by atoms with Crippen LogP contribution in [-0.2, 0) is 13.5 Å². The second-order valence-corrected chi connectivity index (χ2v) is 4.49. The third kappa shape index (κ3) is 2.82. The fourth-order valence-corrected chi connectivity index (χ4v) is 2.00. The second-order valence-electron chi connectivity index (χ2n) is 4.49. The van der Waals surface area contributed by atoms with E-state index in [4.69, 9.17) is 4.42 Å². The van der Waals surface area contributed by atoms with Crippen molar-refractivity contribution in [2.75, 3.05) is 6.54 Å². The lowest BCUT2D eigenvalue weighted by atomic mass is 10.1. The molecule has 1 N–H and O–H groups in total. The normalized spacial score (nSPS) is 12.8. The highest BCUT2D eigenvalue weighted by Crippen LogP contribution is 2.23. The van der Waals surface area contributed by atoms with Gasteiger partial charge in [0.1, 0.15) is 11.5 Å². The van der Waals surface area contributed by atoms with Gasteiger partial charge in [0, 0.05) is 25.2 Å². The molecular formula is C14H21N3O. The van der Waals surface area contributed by atoms with Gasteiger partial charge < -0.3 is 9.73 Å². The molecule has 4 nitrogen and oxygen atoms in total. The van der Waals surface area contributed by atoms with E-state index in [-0.39, 0.29) is 6.04 Å². The summed E-state index contributed by atoms with van der Waals surface area (Å²) < 4.78 is 7.68. The molecule has 0 aliphatic heterocycles. The molecule has 98 valence electrons. The van der Waals surface area contributed by atoms with Gasteiger partial charge in [-0.3, -0.25) is 4.68 Å². The number of hydrogen-bond acceptors (Lipinski definition) is 3. The molecule has 2 heterocycles. The van der Waals surface area contributed by atoms with E-state index in [9.17, 15) is 0 Å². The molecule has 0 aromatic carbocycles. The van der Waals surface area contributed by atoms with Crippen molar-refractivity contribution in [3.05, 3.63) is 41.6 Å². The summed E-state index contributed by atoms with van der Waals surface area (Å²) in [5.41, 5.74) is 1.14. The first-order valence-corrected chi connectivity index (χ1v) is 6.55. The van der Waals surface area contributed by atoms with E-state index in [2.05, 4.69) is 30.3 Å². The van der Waals surface area contributed by atoms with Crippen molar-refractivity contribution in [2.45, 2.75) is 32.7 Å². The molecule has 0 aliphatic rings. The van der Waals surface area contributed by atoms with Gasteiger partial charge >= 0.3 is 0 Å². The number of aromatic nitrogens is 2. The van der Waals surface area contributed by atoms with Crippen LogP contribution < -0.4 is 5.32 Å². The molecule has 1 atom stereocenters. The average Bonchev–Trinajstić information content (AvgIpc) is 2.99.